The van der Waals surface area contributed by atoms with E-state index in [9.17, 15) is 9.59 Å². The first-order valence-corrected chi connectivity index (χ1v) is 8.74. The Bertz CT molecular complexity index is 739. The number of amides is 1. The quantitative estimate of drug-likeness (QED) is 0.727. The van der Waals surface area contributed by atoms with Gasteiger partial charge >= 0.3 is 5.97 Å². The van der Waals surface area contributed by atoms with Crippen LogP contribution in [0.25, 0.3) is 0 Å². The smallest absolute Gasteiger partial charge is 0.309 e. The Morgan fingerprint density at radius 3 is 2.58 bits per heavy atom. The first-order chi connectivity index (χ1) is 12.4. The summed E-state index contributed by atoms with van der Waals surface area (Å²) in [5, 5.41) is 6.65. The lowest BCUT2D eigenvalue weighted by atomic mass is 10.0. The Balaban J connectivity index is 2.01. The number of hydrogen-bond donors (Lipinski definition) is 1. The Kier molecular flexibility index (Phi) is 6.89. The largest absolute Gasteiger partial charge is 0.452 e. The number of aryl methyl sites for hydroxylation is 2. The second-order valence-corrected chi connectivity index (χ2v) is 6.30. The number of nitrogens with zero attached hydrogens (tertiary/aromatic N) is 2. The molecule has 0 radical (unpaired) electrons. The minimum absolute atomic E-state index is 0.0168. The predicted molar refractivity (Wildman–Crippen MR) is 95.2 cm³/mol. The van der Waals surface area contributed by atoms with Gasteiger partial charge in [0.15, 0.2) is 11.9 Å². The lowest BCUT2D eigenvalue weighted by Crippen LogP contribution is -2.28. The van der Waals surface area contributed by atoms with E-state index in [0.717, 1.165) is 17.5 Å². The van der Waals surface area contributed by atoms with E-state index >= 15 is 0 Å². The molecule has 7 nitrogen and oxygen atoms in total. The molecular weight excluding hydrogens is 334 g/mol. The zero-order chi connectivity index (χ0) is 19.1. The summed E-state index contributed by atoms with van der Waals surface area (Å²) < 4.78 is 10.5. The van der Waals surface area contributed by atoms with Gasteiger partial charge in [-0.15, -0.1) is 0 Å². The van der Waals surface area contributed by atoms with Crippen LogP contribution in [0.2, 0.25) is 0 Å². The summed E-state index contributed by atoms with van der Waals surface area (Å²) in [6.07, 6.45) is 0.990. The van der Waals surface area contributed by atoms with Gasteiger partial charge in [-0.1, -0.05) is 41.9 Å². The Morgan fingerprint density at radius 1 is 1.27 bits per heavy atom. The van der Waals surface area contributed by atoms with Crippen molar-refractivity contribution in [2.75, 3.05) is 0 Å². The first kappa shape index (κ1) is 19.6. The molecule has 0 spiro atoms. The summed E-state index contributed by atoms with van der Waals surface area (Å²) in [5.41, 5.74) is 1.95. The third-order valence-electron chi connectivity index (χ3n) is 3.84. The fourth-order valence-electron chi connectivity index (χ4n) is 2.52. The van der Waals surface area contributed by atoms with Gasteiger partial charge in [0.05, 0.1) is 12.5 Å². The van der Waals surface area contributed by atoms with E-state index < -0.39 is 18.1 Å². The zero-order valence-corrected chi connectivity index (χ0v) is 15.6. The summed E-state index contributed by atoms with van der Waals surface area (Å²) in [4.78, 5) is 28.0. The van der Waals surface area contributed by atoms with Crippen molar-refractivity contribution in [2.45, 2.75) is 59.1 Å². The normalized spacial score (nSPS) is 13.1. The molecule has 140 valence electrons. The first-order valence-electron chi connectivity index (χ1n) is 8.74. The number of benzene rings is 1. The maximum Gasteiger partial charge on any atom is 0.309 e. The van der Waals surface area contributed by atoms with Crippen LogP contribution in [0.1, 0.15) is 68.6 Å². The molecule has 7 heteroatoms. The molecular formula is C19H25N3O4. The van der Waals surface area contributed by atoms with Crippen molar-refractivity contribution >= 4 is 11.9 Å². The van der Waals surface area contributed by atoms with E-state index in [1.807, 2.05) is 38.1 Å². The standard InChI is InChI=1S/C19H25N3O4/c1-5-6-17-21-19(26-22-17)13(3)25-18(24)11-16(20-14(4)23)15-9-7-12(2)8-10-15/h7-10,13,16H,5-6,11H2,1-4H3,(H,20,23). The van der Waals surface area contributed by atoms with Gasteiger partial charge in [-0.25, -0.2) is 0 Å². The molecule has 2 atom stereocenters. The second-order valence-electron chi connectivity index (χ2n) is 6.30. The van der Waals surface area contributed by atoms with E-state index in [0.29, 0.717) is 12.2 Å². The lowest BCUT2D eigenvalue weighted by molar-refractivity contribution is -0.150. The number of nitrogens with one attached hydrogen (secondary N) is 1. The average Bonchev–Trinajstić information content (AvgIpc) is 3.03. The average molecular weight is 359 g/mol. The molecule has 0 fully saturated rings. The molecule has 1 aromatic heterocycles. The van der Waals surface area contributed by atoms with Crippen molar-refractivity contribution in [1.29, 1.82) is 0 Å². The maximum absolute atomic E-state index is 12.3. The summed E-state index contributed by atoms with van der Waals surface area (Å²) in [7, 11) is 0. The van der Waals surface area contributed by atoms with E-state index in [1.54, 1.807) is 6.92 Å². The molecule has 26 heavy (non-hydrogen) atoms. The highest BCUT2D eigenvalue weighted by Crippen LogP contribution is 2.21. The number of ether oxygens (including phenoxy) is 1. The number of esters is 1. The van der Waals surface area contributed by atoms with Crippen LogP contribution in [-0.2, 0) is 20.7 Å². The van der Waals surface area contributed by atoms with Gasteiger partial charge in [0, 0.05) is 13.3 Å². The molecule has 1 amide bonds. The number of carbonyl (C=O) groups excluding carboxylic acids is 2. The summed E-state index contributed by atoms with van der Waals surface area (Å²) in [6.45, 7) is 7.10. The van der Waals surface area contributed by atoms with Crippen LogP contribution in [0.3, 0.4) is 0 Å². The van der Waals surface area contributed by atoms with E-state index in [4.69, 9.17) is 9.26 Å². The van der Waals surface area contributed by atoms with Crippen LogP contribution in [0.5, 0.6) is 0 Å². The van der Waals surface area contributed by atoms with Gasteiger partial charge in [-0.05, 0) is 25.8 Å². The molecule has 1 heterocycles. The van der Waals surface area contributed by atoms with Crippen molar-refractivity contribution in [3.63, 3.8) is 0 Å². The molecule has 0 aliphatic heterocycles. The molecule has 2 aromatic rings. The van der Waals surface area contributed by atoms with Crippen molar-refractivity contribution < 1.29 is 18.8 Å². The molecule has 2 unspecified atom stereocenters. The Labute approximate surface area is 153 Å². The van der Waals surface area contributed by atoms with E-state index in [-0.39, 0.29) is 18.2 Å². The highest BCUT2D eigenvalue weighted by molar-refractivity contribution is 5.76. The monoisotopic (exact) mass is 359 g/mol. The third kappa shape index (κ3) is 5.68. The van der Waals surface area contributed by atoms with Crippen LogP contribution >= 0.6 is 0 Å². The summed E-state index contributed by atoms with van der Waals surface area (Å²) in [6, 6.07) is 7.20. The minimum Gasteiger partial charge on any atom is -0.452 e. The van der Waals surface area contributed by atoms with Crippen molar-refractivity contribution in [2.24, 2.45) is 0 Å². The molecule has 0 bridgehead atoms. The van der Waals surface area contributed by atoms with Crippen LogP contribution in [0.15, 0.2) is 28.8 Å². The van der Waals surface area contributed by atoms with Crippen molar-refractivity contribution in [3.05, 3.63) is 47.1 Å². The second kappa shape index (κ2) is 9.12. The molecule has 1 aromatic carbocycles. The highest BCUT2D eigenvalue weighted by Gasteiger charge is 2.22. The minimum atomic E-state index is -0.642. The maximum atomic E-state index is 12.3. The number of carbonyl (C=O) groups is 2. The molecule has 0 saturated heterocycles. The fraction of sp³-hybridized carbons (Fsp3) is 0.474. The van der Waals surface area contributed by atoms with Crippen LogP contribution in [0, 0.1) is 6.92 Å². The van der Waals surface area contributed by atoms with Gasteiger partial charge < -0.3 is 14.6 Å². The van der Waals surface area contributed by atoms with Crippen molar-refractivity contribution in [1.82, 2.24) is 15.5 Å². The Hall–Kier alpha value is -2.70. The van der Waals surface area contributed by atoms with Gasteiger partial charge in [0.1, 0.15) is 0 Å². The summed E-state index contributed by atoms with van der Waals surface area (Å²) >= 11 is 0. The van der Waals surface area contributed by atoms with Gasteiger partial charge in [-0.3, -0.25) is 9.59 Å². The number of aromatic nitrogens is 2. The molecule has 0 saturated carbocycles. The molecule has 0 aliphatic carbocycles. The number of rotatable bonds is 8. The SMILES string of the molecule is CCCc1noc(C(C)OC(=O)CC(NC(C)=O)c2ccc(C)cc2)n1. The lowest BCUT2D eigenvalue weighted by Gasteiger charge is -2.19. The topological polar surface area (TPSA) is 94.3 Å². The van der Waals surface area contributed by atoms with Crippen LogP contribution in [-0.4, -0.2) is 22.0 Å². The van der Waals surface area contributed by atoms with E-state index in [2.05, 4.69) is 15.5 Å². The van der Waals surface area contributed by atoms with Gasteiger partial charge in [-0.2, -0.15) is 4.98 Å². The van der Waals surface area contributed by atoms with E-state index in [1.165, 1.54) is 6.92 Å². The predicted octanol–water partition coefficient (Wildman–Crippen LogP) is 3.20. The molecule has 1 N–H and O–H groups in total. The fourth-order valence-corrected chi connectivity index (χ4v) is 2.52. The number of hydrogen-bond acceptors (Lipinski definition) is 6. The van der Waals surface area contributed by atoms with Gasteiger partial charge in [0.25, 0.3) is 5.89 Å². The molecule has 0 aliphatic rings. The van der Waals surface area contributed by atoms with Gasteiger partial charge in [0.2, 0.25) is 5.91 Å². The summed E-state index contributed by atoms with van der Waals surface area (Å²) in [5.74, 6) is 0.207. The van der Waals surface area contributed by atoms with Crippen LogP contribution < -0.4 is 5.32 Å². The van der Waals surface area contributed by atoms with Crippen molar-refractivity contribution in [3.8, 4) is 0 Å². The Morgan fingerprint density at radius 2 is 1.96 bits per heavy atom. The highest BCUT2D eigenvalue weighted by atomic mass is 16.6. The molecule has 2 rings (SSSR count). The zero-order valence-electron chi connectivity index (χ0n) is 15.6. The van der Waals surface area contributed by atoms with Crippen LogP contribution in [0.4, 0.5) is 0 Å². The third-order valence-corrected chi connectivity index (χ3v) is 3.84.